The fourth-order valence-electron chi connectivity index (χ4n) is 4.73. The van der Waals surface area contributed by atoms with Gasteiger partial charge in [-0.25, -0.2) is 0 Å². The number of benzene rings is 1. The van der Waals surface area contributed by atoms with E-state index in [1.165, 1.54) is 42.2 Å². The number of hydrogen-bond donors (Lipinski definition) is 1. The quantitative estimate of drug-likeness (QED) is 0.761. The van der Waals surface area contributed by atoms with Crippen LogP contribution in [0.4, 0.5) is 0 Å². The van der Waals surface area contributed by atoms with Gasteiger partial charge in [0.05, 0.1) is 0 Å². The Bertz CT molecular complexity index is 681. The minimum absolute atomic E-state index is 0.521. The average molecular weight is 322 g/mol. The van der Waals surface area contributed by atoms with Gasteiger partial charge in [-0.1, -0.05) is 47.1 Å². The van der Waals surface area contributed by atoms with Gasteiger partial charge >= 0.3 is 0 Å². The smallest absolute Gasteiger partial charge is 0.0253 e. The Morgan fingerprint density at radius 3 is 2.46 bits per heavy atom. The molecule has 0 heterocycles. The molecule has 3 unspecified atom stereocenters. The third kappa shape index (κ3) is 3.25. The van der Waals surface area contributed by atoms with Gasteiger partial charge in [-0.05, 0) is 76.6 Å². The molecule has 1 fully saturated rings. The predicted molar refractivity (Wildman–Crippen MR) is 103 cm³/mol. The molecule has 2 aliphatic rings. The maximum Gasteiger partial charge on any atom is 0.0253 e. The third-order valence-corrected chi connectivity index (χ3v) is 5.99. The van der Waals surface area contributed by atoms with Crippen molar-refractivity contribution in [1.29, 1.82) is 5.41 Å². The highest BCUT2D eigenvalue weighted by Crippen LogP contribution is 2.47. The molecule has 0 bridgehead atoms. The maximum atomic E-state index is 7.83. The monoisotopic (exact) mass is 322 g/mol. The van der Waals surface area contributed by atoms with Crippen molar-refractivity contribution in [3.05, 3.63) is 58.2 Å². The normalized spacial score (nSPS) is 27.5. The Morgan fingerprint density at radius 1 is 1.08 bits per heavy atom. The van der Waals surface area contributed by atoms with E-state index in [0.29, 0.717) is 17.9 Å². The Balaban J connectivity index is 1.98. The number of nitrogens with zero attached hydrogens (tertiary/aromatic N) is 1. The summed E-state index contributed by atoms with van der Waals surface area (Å²) in [7, 11) is 4.41. The molecule has 0 amide bonds. The fraction of sp³-hybridized carbons (Fsp3) is 0.500. The Hall–Kier alpha value is -1.67. The first kappa shape index (κ1) is 17.2. The Kier molecular flexibility index (Phi) is 5.05. The van der Waals surface area contributed by atoms with Crippen LogP contribution in [-0.2, 0) is 0 Å². The van der Waals surface area contributed by atoms with Crippen LogP contribution in [0.15, 0.2) is 47.1 Å². The minimum Gasteiger partial charge on any atom is -0.308 e. The van der Waals surface area contributed by atoms with Gasteiger partial charge in [0.2, 0.25) is 0 Å². The molecule has 0 saturated heterocycles. The van der Waals surface area contributed by atoms with Gasteiger partial charge in [-0.3, -0.25) is 0 Å². The SMILES string of the molecule is CC1=CC(C)=C(C2CCC(N(C)C)CC2c2ccccc2C=N)C1. The van der Waals surface area contributed by atoms with Crippen molar-refractivity contribution in [3.63, 3.8) is 0 Å². The molecule has 3 atom stereocenters. The van der Waals surface area contributed by atoms with Crippen molar-refractivity contribution in [2.45, 2.75) is 51.5 Å². The highest BCUT2D eigenvalue weighted by molar-refractivity contribution is 5.79. The molecule has 0 aromatic heterocycles. The summed E-state index contributed by atoms with van der Waals surface area (Å²) in [6.45, 7) is 4.53. The van der Waals surface area contributed by atoms with Crippen LogP contribution in [0.2, 0.25) is 0 Å². The third-order valence-electron chi connectivity index (χ3n) is 5.99. The molecular weight excluding hydrogens is 292 g/mol. The Labute approximate surface area is 146 Å². The van der Waals surface area contributed by atoms with E-state index in [-0.39, 0.29) is 0 Å². The van der Waals surface area contributed by atoms with E-state index in [4.69, 9.17) is 5.41 Å². The molecule has 2 heteroatoms. The maximum absolute atomic E-state index is 7.83. The minimum atomic E-state index is 0.521. The van der Waals surface area contributed by atoms with Gasteiger partial charge in [0.1, 0.15) is 0 Å². The van der Waals surface area contributed by atoms with Crippen molar-refractivity contribution in [3.8, 4) is 0 Å². The molecule has 0 spiro atoms. The summed E-state index contributed by atoms with van der Waals surface area (Å²) in [5.41, 5.74) is 7.09. The molecule has 2 aliphatic carbocycles. The van der Waals surface area contributed by atoms with Crippen LogP contribution in [0.5, 0.6) is 0 Å². The lowest BCUT2D eigenvalue weighted by atomic mass is 9.68. The highest BCUT2D eigenvalue weighted by Gasteiger charge is 2.36. The molecule has 3 rings (SSSR count). The number of rotatable bonds is 4. The van der Waals surface area contributed by atoms with Gasteiger partial charge in [0.25, 0.3) is 0 Å². The van der Waals surface area contributed by atoms with E-state index in [9.17, 15) is 0 Å². The highest BCUT2D eigenvalue weighted by atomic mass is 15.1. The van der Waals surface area contributed by atoms with Crippen LogP contribution in [0.1, 0.15) is 56.6 Å². The zero-order chi connectivity index (χ0) is 17.3. The summed E-state index contributed by atoms with van der Waals surface area (Å²) < 4.78 is 0. The van der Waals surface area contributed by atoms with Crippen LogP contribution < -0.4 is 0 Å². The van der Waals surface area contributed by atoms with Crippen molar-refractivity contribution in [1.82, 2.24) is 4.90 Å². The van der Waals surface area contributed by atoms with E-state index >= 15 is 0 Å². The van der Waals surface area contributed by atoms with Gasteiger partial charge in [0.15, 0.2) is 0 Å². The molecule has 1 aromatic rings. The van der Waals surface area contributed by atoms with E-state index in [1.807, 2.05) is 0 Å². The summed E-state index contributed by atoms with van der Waals surface area (Å²) in [6, 6.07) is 9.18. The van der Waals surface area contributed by atoms with Crippen LogP contribution in [0.25, 0.3) is 0 Å². The topological polar surface area (TPSA) is 27.1 Å². The summed E-state index contributed by atoms with van der Waals surface area (Å²) in [6.07, 6.45) is 8.77. The lowest BCUT2D eigenvalue weighted by molar-refractivity contribution is 0.184. The number of hydrogen-bond acceptors (Lipinski definition) is 2. The zero-order valence-electron chi connectivity index (χ0n) is 15.5. The van der Waals surface area contributed by atoms with E-state index in [1.54, 1.807) is 5.57 Å². The summed E-state index contributed by atoms with van der Waals surface area (Å²) in [5, 5.41) is 7.83. The van der Waals surface area contributed by atoms with Gasteiger partial charge in [-0.15, -0.1) is 0 Å². The second-order valence-corrected chi connectivity index (χ2v) is 7.79. The summed E-state index contributed by atoms with van der Waals surface area (Å²) in [4.78, 5) is 2.38. The van der Waals surface area contributed by atoms with Gasteiger partial charge in [-0.2, -0.15) is 0 Å². The van der Waals surface area contributed by atoms with Crippen molar-refractivity contribution >= 4 is 6.21 Å². The van der Waals surface area contributed by atoms with E-state index in [2.05, 4.69) is 63.2 Å². The van der Waals surface area contributed by atoms with Crippen LogP contribution in [-0.4, -0.2) is 31.3 Å². The summed E-state index contributed by atoms with van der Waals surface area (Å²) >= 11 is 0. The molecular formula is C22H30N2. The molecule has 128 valence electrons. The lowest BCUT2D eigenvalue weighted by Crippen LogP contribution is -2.37. The molecule has 1 saturated carbocycles. The second kappa shape index (κ2) is 7.06. The average Bonchev–Trinajstić information content (AvgIpc) is 2.92. The predicted octanol–water partition coefficient (Wildman–Crippen LogP) is 5.16. The van der Waals surface area contributed by atoms with Gasteiger partial charge < -0.3 is 10.3 Å². The second-order valence-electron chi connectivity index (χ2n) is 7.79. The summed E-state index contributed by atoms with van der Waals surface area (Å²) in [5.74, 6) is 1.14. The van der Waals surface area contributed by atoms with E-state index < -0.39 is 0 Å². The van der Waals surface area contributed by atoms with E-state index in [0.717, 1.165) is 12.0 Å². The van der Waals surface area contributed by atoms with Crippen molar-refractivity contribution < 1.29 is 0 Å². The number of allylic oxidation sites excluding steroid dienone is 4. The van der Waals surface area contributed by atoms with Crippen LogP contribution >= 0.6 is 0 Å². The molecule has 0 aliphatic heterocycles. The first-order chi connectivity index (χ1) is 11.5. The first-order valence-electron chi connectivity index (χ1n) is 9.14. The molecule has 1 aromatic carbocycles. The standard InChI is InChI=1S/C22H30N2/c1-15-11-16(2)21(12-15)20-10-9-18(24(3)4)13-22(20)19-8-6-5-7-17(19)14-23/h5-8,11,14,18,20,22-23H,9-10,12-13H2,1-4H3. The fourth-order valence-corrected chi connectivity index (χ4v) is 4.73. The van der Waals surface area contributed by atoms with Crippen LogP contribution in [0, 0.1) is 11.3 Å². The van der Waals surface area contributed by atoms with Crippen molar-refractivity contribution in [2.75, 3.05) is 14.1 Å². The first-order valence-corrected chi connectivity index (χ1v) is 9.14. The van der Waals surface area contributed by atoms with Crippen molar-refractivity contribution in [2.24, 2.45) is 5.92 Å². The molecule has 0 radical (unpaired) electrons. The van der Waals surface area contributed by atoms with Crippen LogP contribution in [0.3, 0.4) is 0 Å². The largest absolute Gasteiger partial charge is 0.308 e. The lowest BCUT2D eigenvalue weighted by Gasteiger charge is -2.41. The molecule has 2 nitrogen and oxygen atoms in total. The zero-order valence-corrected chi connectivity index (χ0v) is 15.5. The molecule has 24 heavy (non-hydrogen) atoms. The van der Waals surface area contributed by atoms with Gasteiger partial charge in [0, 0.05) is 12.3 Å². The molecule has 1 N–H and O–H groups in total. The number of nitrogens with one attached hydrogen (secondary N) is 1. The Morgan fingerprint density at radius 2 is 1.83 bits per heavy atom.